The molecule has 8 unspecified atom stereocenters. The molecule has 1 fully saturated rings. The predicted octanol–water partition coefficient (Wildman–Crippen LogP) is 14.7. The molecule has 0 radical (unpaired) electrons. The van der Waals surface area contributed by atoms with E-state index < -0.39 is 67.4 Å². The molecule has 1 amide bonds. The lowest BCUT2D eigenvalue weighted by atomic mass is 9.99. The summed E-state index contributed by atoms with van der Waals surface area (Å²) >= 11 is 0. The number of aliphatic hydroxyl groups excluding tert-OH is 5. The molecule has 1 aliphatic heterocycles. The van der Waals surface area contributed by atoms with E-state index in [0.29, 0.717) is 19.3 Å². The van der Waals surface area contributed by atoms with Crippen LogP contribution in [0.3, 0.4) is 0 Å². The predicted molar refractivity (Wildman–Crippen MR) is 306 cm³/mol. The molecule has 6 N–H and O–H groups in total. The normalized spacial score (nSPS) is 19.5. The van der Waals surface area contributed by atoms with Gasteiger partial charge in [0.1, 0.15) is 24.4 Å². The van der Waals surface area contributed by atoms with E-state index in [1.54, 1.807) is 6.08 Å². The van der Waals surface area contributed by atoms with Crippen LogP contribution in [0.5, 0.6) is 0 Å². The summed E-state index contributed by atoms with van der Waals surface area (Å²) < 4.78 is 17.6. The number of rotatable bonds is 53. The summed E-state index contributed by atoms with van der Waals surface area (Å²) in [6.45, 7) is 5.77. The smallest absolute Gasteiger partial charge is 0.306 e. The van der Waals surface area contributed by atoms with E-state index in [0.717, 1.165) is 64.2 Å². The maximum Gasteiger partial charge on any atom is 0.306 e. The first-order chi connectivity index (χ1) is 36.2. The molecule has 0 aromatic heterocycles. The van der Waals surface area contributed by atoms with Gasteiger partial charge in [-0.15, -0.1) is 0 Å². The lowest BCUT2D eigenvalue weighted by Crippen LogP contribution is -2.61. The van der Waals surface area contributed by atoms with E-state index in [4.69, 9.17) is 14.2 Å². The molecule has 0 aromatic carbocycles. The number of carbonyl (C=O) groups excluding carboxylic acids is 2. The van der Waals surface area contributed by atoms with Gasteiger partial charge in [0.15, 0.2) is 12.4 Å². The van der Waals surface area contributed by atoms with Crippen LogP contribution < -0.4 is 5.32 Å². The van der Waals surface area contributed by atoms with Gasteiger partial charge in [0.05, 0.1) is 25.4 Å². The molecular weight excluding hydrogens is 931 g/mol. The quantitative estimate of drug-likeness (QED) is 0.0195. The molecule has 0 aromatic rings. The number of amides is 1. The Morgan fingerprint density at radius 3 is 1.41 bits per heavy atom. The summed E-state index contributed by atoms with van der Waals surface area (Å²) in [5, 5.41) is 56.9. The van der Waals surface area contributed by atoms with Crippen molar-refractivity contribution in [3.8, 4) is 0 Å². The van der Waals surface area contributed by atoms with Gasteiger partial charge in [0.2, 0.25) is 5.91 Å². The van der Waals surface area contributed by atoms with Crippen molar-refractivity contribution in [1.82, 2.24) is 5.32 Å². The SMILES string of the molecule is CCCCC/C=C\C/C=C\CCCCCCCCCCCCCC(=O)OC1C(OCC(NC(=O)C(O)CCCCCCCCCCCCCC)C(O)/C=C/CCCCCCCCCCCC)OC(CO)C(O)C1O. The highest BCUT2D eigenvalue weighted by Crippen LogP contribution is 2.26. The van der Waals surface area contributed by atoms with Crippen molar-refractivity contribution in [2.75, 3.05) is 13.2 Å². The van der Waals surface area contributed by atoms with E-state index in [1.807, 2.05) is 6.08 Å². The van der Waals surface area contributed by atoms with Crippen molar-refractivity contribution >= 4 is 11.9 Å². The highest BCUT2D eigenvalue weighted by Gasteiger charge is 2.47. The zero-order valence-electron chi connectivity index (χ0n) is 48.0. The second-order valence-electron chi connectivity index (χ2n) is 21.8. The molecule has 1 rings (SSSR count). The van der Waals surface area contributed by atoms with E-state index in [1.165, 1.54) is 180 Å². The average molecular weight is 1050 g/mol. The van der Waals surface area contributed by atoms with Gasteiger partial charge in [-0.05, 0) is 57.8 Å². The second-order valence-corrected chi connectivity index (χ2v) is 21.8. The Balaban J connectivity index is 2.63. The van der Waals surface area contributed by atoms with Crippen LogP contribution in [0.1, 0.15) is 290 Å². The monoisotopic (exact) mass is 1050 g/mol. The maximum absolute atomic E-state index is 13.4. The number of ether oxygens (including phenoxy) is 3. The molecule has 434 valence electrons. The molecule has 74 heavy (non-hydrogen) atoms. The number of nitrogens with one attached hydrogen (secondary N) is 1. The lowest BCUT2D eigenvalue weighted by Gasteiger charge is -2.41. The number of aliphatic hydroxyl groups is 5. The molecule has 0 aliphatic carbocycles. The van der Waals surface area contributed by atoms with Crippen LogP contribution in [0.15, 0.2) is 36.5 Å². The number of allylic oxidation sites excluding steroid dienone is 5. The fourth-order valence-electron chi connectivity index (χ4n) is 9.80. The van der Waals surface area contributed by atoms with Crippen LogP contribution >= 0.6 is 0 Å². The van der Waals surface area contributed by atoms with Gasteiger partial charge in [-0.1, -0.05) is 263 Å². The van der Waals surface area contributed by atoms with Crippen LogP contribution in [0, 0.1) is 0 Å². The number of carbonyl (C=O) groups is 2. The fraction of sp³-hybridized carbons (Fsp3) is 0.873. The first-order valence-corrected chi connectivity index (χ1v) is 31.3. The Hall–Kier alpha value is -2.12. The Morgan fingerprint density at radius 2 is 0.932 bits per heavy atom. The fourth-order valence-corrected chi connectivity index (χ4v) is 9.80. The van der Waals surface area contributed by atoms with Gasteiger partial charge in [0.25, 0.3) is 0 Å². The molecule has 0 spiro atoms. The summed E-state index contributed by atoms with van der Waals surface area (Å²) in [4.78, 5) is 26.5. The van der Waals surface area contributed by atoms with Crippen molar-refractivity contribution in [3.05, 3.63) is 36.5 Å². The third-order valence-electron chi connectivity index (χ3n) is 14.8. The van der Waals surface area contributed by atoms with Crippen molar-refractivity contribution in [3.63, 3.8) is 0 Å². The summed E-state index contributed by atoms with van der Waals surface area (Å²) in [6.07, 6.45) is 50.4. The Bertz CT molecular complexity index is 1340. The molecule has 0 bridgehead atoms. The summed E-state index contributed by atoms with van der Waals surface area (Å²) in [5.41, 5.74) is 0. The Morgan fingerprint density at radius 1 is 0.527 bits per heavy atom. The molecule has 1 aliphatic rings. The number of hydrogen-bond donors (Lipinski definition) is 6. The van der Waals surface area contributed by atoms with E-state index >= 15 is 0 Å². The summed E-state index contributed by atoms with van der Waals surface area (Å²) in [5.74, 6) is -1.19. The van der Waals surface area contributed by atoms with Crippen molar-refractivity contribution in [2.24, 2.45) is 0 Å². The first kappa shape index (κ1) is 69.9. The molecule has 8 atom stereocenters. The van der Waals surface area contributed by atoms with Gasteiger partial charge < -0.3 is 45.1 Å². The van der Waals surface area contributed by atoms with Gasteiger partial charge in [0, 0.05) is 6.42 Å². The maximum atomic E-state index is 13.4. The van der Waals surface area contributed by atoms with Crippen LogP contribution in [0.2, 0.25) is 0 Å². The second kappa shape index (κ2) is 51.6. The highest BCUT2D eigenvalue weighted by molar-refractivity contribution is 5.80. The first-order valence-electron chi connectivity index (χ1n) is 31.3. The molecular formula is C63H117NO10. The van der Waals surface area contributed by atoms with Gasteiger partial charge in [-0.3, -0.25) is 9.59 Å². The standard InChI is InChI=1S/C63H117NO10/c1-4-7-10-13-16-19-22-25-26-27-28-29-30-31-32-33-36-39-42-45-48-51-58(68)74-61-60(70)59(69)57(52-65)73-63(61)72-53-54(55(66)49-46-43-40-37-34-23-20-17-14-11-8-5-2)64-62(71)56(67)50-47-44-41-38-35-24-21-18-15-12-9-6-3/h16,19,25-26,46,49,54-57,59-61,63,65-67,69-70H,4-15,17-18,20-24,27-45,47-48,50-53H2,1-3H3,(H,64,71)/b19-16-,26-25-,49-46+. The van der Waals surface area contributed by atoms with Crippen molar-refractivity contribution in [2.45, 2.75) is 339 Å². The molecule has 11 nitrogen and oxygen atoms in total. The molecule has 1 heterocycles. The topological polar surface area (TPSA) is 175 Å². The van der Waals surface area contributed by atoms with E-state index in [2.05, 4.69) is 50.4 Å². The van der Waals surface area contributed by atoms with Crippen LogP contribution in [-0.2, 0) is 23.8 Å². The number of unbranched alkanes of at least 4 members (excludes halogenated alkanes) is 35. The van der Waals surface area contributed by atoms with Crippen LogP contribution in [-0.4, -0.2) is 99.6 Å². The van der Waals surface area contributed by atoms with Crippen LogP contribution in [0.25, 0.3) is 0 Å². The minimum absolute atomic E-state index is 0.124. The molecule has 11 heteroatoms. The van der Waals surface area contributed by atoms with Gasteiger partial charge >= 0.3 is 5.97 Å². The molecule has 0 saturated carbocycles. The number of hydrogen-bond acceptors (Lipinski definition) is 10. The van der Waals surface area contributed by atoms with Gasteiger partial charge in [-0.25, -0.2) is 0 Å². The van der Waals surface area contributed by atoms with Gasteiger partial charge in [-0.2, -0.15) is 0 Å². The van der Waals surface area contributed by atoms with Crippen molar-refractivity contribution in [1.29, 1.82) is 0 Å². The third-order valence-corrected chi connectivity index (χ3v) is 14.8. The highest BCUT2D eigenvalue weighted by atomic mass is 16.7. The Labute approximate surface area is 453 Å². The number of esters is 1. The minimum atomic E-state index is -1.61. The van der Waals surface area contributed by atoms with Crippen molar-refractivity contribution < 1.29 is 49.3 Å². The summed E-state index contributed by atoms with van der Waals surface area (Å²) in [6, 6.07) is -1.02. The summed E-state index contributed by atoms with van der Waals surface area (Å²) in [7, 11) is 0. The van der Waals surface area contributed by atoms with E-state index in [9.17, 15) is 35.1 Å². The minimum Gasteiger partial charge on any atom is -0.454 e. The van der Waals surface area contributed by atoms with E-state index in [-0.39, 0.29) is 13.0 Å². The Kier molecular flexibility index (Phi) is 48.8. The van der Waals surface area contributed by atoms with Crippen LogP contribution in [0.4, 0.5) is 0 Å². The third kappa shape index (κ3) is 39.3. The zero-order valence-corrected chi connectivity index (χ0v) is 48.0. The average Bonchev–Trinajstić information content (AvgIpc) is 3.40. The largest absolute Gasteiger partial charge is 0.454 e. The lowest BCUT2D eigenvalue weighted by molar-refractivity contribution is -0.305. The molecule has 1 saturated heterocycles. The zero-order chi connectivity index (χ0) is 54.0.